The molecule has 0 bridgehead atoms. The lowest BCUT2D eigenvalue weighted by molar-refractivity contribution is 0.138. The molecule has 1 unspecified atom stereocenters. The summed E-state index contributed by atoms with van der Waals surface area (Å²) in [6.07, 6.45) is 13.2. The second-order valence-electron chi connectivity index (χ2n) is 6.03. The van der Waals surface area contributed by atoms with Gasteiger partial charge in [0.25, 0.3) is 0 Å². The van der Waals surface area contributed by atoms with Crippen LogP contribution in [0.5, 0.6) is 0 Å². The van der Waals surface area contributed by atoms with Gasteiger partial charge in [-0.05, 0) is 44.1 Å². The van der Waals surface area contributed by atoms with Gasteiger partial charge in [0.15, 0.2) is 0 Å². The molecule has 2 fully saturated rings. The maximum atomic E-state index is 3.65. The van der Waals surface area contributed by atoms with Crippen molar-refractivity contribution < 1.29 is 0 Å². The fourth-order valence-electron chi connectivity index (χ4n) is 4.11. The lowest BCUT2D eigenvalue weighted by atomic mass is 9.70. The predicted molar refractivity (Wildman–Crippen MR) is 66.0 cm³/mol. The zero-order chi connectivity index (χ0) is 10.7. The molecule has 1 nitrogen and oxygen atoms in total. The average molecular weight is 209 g/mol. The van der Waals surface area contributed by atoms with E-state index < -0.39 is 0 Å². The zero-order valence-corrected chi connectivity index (χ0v) is 10.5. The van der Waals surface area contributed by atoms with Crippen LogP contribution in [-0.2, 0) is 0 Å². The van der Waals surface area contributed by atoms with Crippen LogP contribution >= 0.6 is 0 Å². The highest BCUT2D eigenvalue weighted by atomic mass is 14.9. The van der Waals surface area contributed by atoms with E-state index in [1.54, 1.807) is 0 Å². The average Bonchev–Trinajstić information content (AvgIpc) is 2.68. The molecule has 2 aliphatic rings. The highest BCUT2D eigenvalue weighted by Crippen LogP contribution is 2.45. The first-order valence-corrected chi connectivity index (χ1v) is 6.93. The summed E-state index contributed by atoms with van der Waals surface area (Å²) >= 11 is 0. The van der Waals surface area contributed by atoms with Crippen molar-refractivity contribution in [1.29, 1.82) is 0 Å². The number of nitrogens with one attached hydrogen (secondary N) is 1. The fourth-order valence-corrected chi connectivity index (χ4v) is 4.11. The number of rotatable bonds is 3. The Hall–Kier alpha value is -0.0400. The Bertz CT molecular complexity index is 188. The molecular formula is C14H27N. The van der Waals surface area contributed by atoms with Gasteiger partial charge in [-0.2, -0.15) is 0 Å². The van der Waals surface area contributed by atoms with E-state index in [-0.39, 0.29) is 0 Å². The van der Waals surface area contributed by atoms with E-state index in [0.29, 0.717) is 5.41 Å². The molecule has 0 amide bonds. The van der Waals surface area contributed by atoms with Gasteiger partial charge in [-0.15, -0.1) is 0 Å². The zero-order valence-electron chi connectivity index (χ0n) is 10.5. The van der Waals surface area contributed by atoms with Gasteiger partial charge < -0.3 is 5.32 Å². The van der Waals surface area contributed by atoms with E-state index in [2.05, 4.69) is 19.3 Å². The third kappa shape index (κ3) is 2.38. The molecule has 2 saturated carbocycles. The molecule has 0 aromatic rings. The van der Waals surface area contributed by atoms with Crippen LogP contribution in [0.2, 0.25) is 0 Å². The minimum Gasteiger partial charge on any atom is -0.316 e. The highest BCUT2D eigenvalue weighted by molar-refractivity contribution is 4.95. The van der Waals surface area contributed by atoms with Crippen molar-refractivity contribution in [2.24, 2.45) is 11.3 Å². The quantitative estimate of drug-likeness (QED) is 0.746. The molecule has 0 heterocycles. The third-order valence-corrected chi connectivity index (χ3v) is 4.93. The van der Waals surface area contributed by atoms with Crippen molar-refractivity contribution in [2.45, 2.75) is 70.8 Å². The van der Waals surface area contributed by atoms with E-state index in [9.17, 15) is 0 Å². The largest absolute Gasteiger partial charge is 0.316 e. The summed E-state index contributed by atoms with van der Waals surface area (Å²) in [5, 5.41) is 3.65. The molecule has 2 rings (SSSR count). The fraction of sp³-hybridized carbons (Fsp3) is 1.00. The van der Waals surface area contributed by atoms with E-state index in [1.807, 2.05) is 0 Å². The van der Waals surface area contributed by atoms with Crippen molar-refractivity contribution in [3.05, 3.63) is 0 Å². The van der Waals surface area contributed by atoms with Gasteiger partial charge in [-0.25, -0.2) is 0 Å². The van der Waals surface area contributed by atoms with Crippen LogP contribution in [0.15, 0.2) is 0 Å². The Morgan fingerprint density at radius 3 is 2.13 bits per heavy atom. The van der Waals surface area contributed by atoms with Crippen LogP contribution in [0, 0.1) is 11.3 Å². The van der Waals surface area contributed by atoms with Crippen LogP contribution in [0.1, 0.15) is 64.7 Å². The summed E-state index contributed by atoms with van der Waals surface area (Å²) in [6.45, 7) is 2.52. The molecule has 1 heteroatoms. The van der Waals surface area contributed by atoms with Gasteiger partial charge in [0.05, 0.1) is 0 Å². The number of hydrogen-bond donors (Lipinski definition) is 1. The lowest BCUT2D eigenvalue weighted by Gasteiger charge is -2.41. The van der Waals surface area contributed by atoms with E-state index in [1.165, 1.54) is 57.8 Å². The topological polar surface area (TPSA) is 12.0 Å². The molecule has 0 aliphatic heterocycles. The molecule has 15 heavy (non-hydrogen) atoms. The summed E-state index contributed by atoms with van der Waals surface area (Å²) < 4.78 is 0. The normalized spacial score (nSPS) is 29.2. The van der Waals surface area contributed by atoms with Crippen molar-refractivity contribution >= 4 is 0 Å². The summed E-state index contributed by atoms with van der Waals surface area (Å²) in [4.78, 5) is 0. The summed E-state index contributed by atoms with van der Waals surface area (Å²) in [7, 11) is 2.18. The number of hydrogen-bond acceptors (Lipinski definition) is 1. The molecule has 1 atom stereocenters. The third-order valence-electron chi connectivity index (χ3n) is 4.93. The first kappa shape index (κ1) is 11.4. The van der Waals surface area contributed by atoms with Crippen LogP contribution < -0.4 is 5.32 Å². The summed E-state index contributed by atoms with van der Waals surface area (Å²) in [6, 6.07) is 0.792. The van der Waals surface area contributed by atoms with Crippen molar-refractivity contribution in [3.8, 4) is 0 Å². The molecule has 88 valence electrons. The first-order valence-electron chi connectivity index (χ1n) is 6.93. The first-order chi connectivity index (χ1) is 7.26. The van der Waals surface area contributed by atoms with Gasteiger partial charge in [0, 0.05) is 6.04 Å². The minimum absolute atomic E-state index is 0.608. The Balaban J connectivity index is 2.01. The Kier molecular flexibility index (Phi) is 3.71. The molecule has 0 aromatic heterocycles. The molecule has 0 aromatic carbocycles. The van der Waals surface area contributed by atoms with Gasteiger partial charge in [-0.3, -0.25) is 0 Å². The van der Waals surface area contributed by atoms with Crippen molar-refractivity contribution in [1.82, 2.24) is 5.32 Å². The molecule has 0 radical (unpaired) electrons. The second-order valence-corrected chi connectivity index (χ2v) is 6.03. The summed E-state index contributed by atoms with van der Waals surface area (Å²) in [5.41, 5.74) is 0.608. The molecular weight excluding hydrogens is 182 g/mol. The standard InChI is InChI=1S/C14H27N/c1-14(10-6-7-11-14)13(15-2)12-8-4-3-5-9-12/h12-13,15H,3-11H2,1-2H3. The predicted octanol–water partition coefficient (Wildman–Crippen LogP) is 3.74. The Morgan fingerprint density at radius 1 is 1.00 bits per heavy atom. The minimum atomic E-state index is 0.608. The lowest BCUT2D eigenvalue weighted by Crippen LogP contribution is -2.46. The van der Waals surface area contributed by atoms with Gasteiger partial charge >= 0.3 is 0 Å². The molecule has 0 spiro atoms. The van der Waals surface area contributed by atoms with Gasteiger partial charge in [0.2, 0.25) is 0 Å². The van der Waals surface area contributed by atoms with Crippen LogP contribution in [0.25, 0.3) is 0 Å². The maximum Gasteiger partial charge on any atom is 0.0146 e. The van der Waals surface area contributed by atoms with Gasteiger partial charge in [0.1, 0.15) is 0 Å². The molecule has 2 aliphatic carbocycles. The van der Waals surface area contributed by atoms with Gasteiger partial charge in [-0.1, -0.05) is 39.0 Å². The van der Waals surface area contributed by atoms with E-state index in [4.69, 9.17) is 0 Å². The molecule has 0 saturated heterocycles. The highest BCUT2D eigenvalue weighted by Gasteiger charge is 2.40. The van der Waals surface area contributed by atoms with E-state index in [0.717, 1.165) is 12.0 Å². The summed E-state index contributed by atoms with van der Waals surface area (Å²) in [5.74, 6) is 0.965. The van der Waals surface area contributed by atoms with Crippen LogP contribution in [-0.4, -0.2) is 13.1 Å². The molecule has 1 N–H and O–H groups in total. The Morgan fingerprint density at radius 2 is 1.60 bits per heavy atom. The second kappa shape index (κ2) is 4.86. The van der Waals surface area contributed by atoms with E-state index >= 15 is 0 Å². The Labute approximate surface area is 95.0 Å². The monoisotopic (exact) mass is 209 g/mol. The smallest absolute Gasteiger partial charge is 0.0146 e. The van der Waals surface area contributed by atoms with Crippen LogP contribution in [0.3, 0.4) is 0 Å². The SMILES string of the molecule is CNC(C1CCCCC1)C1(C)CCCC1. The van der Waals surface area contributed by atoms with Crippen molar-refractivity contribution in [3.63, 3.8) is 0 Å². The van der Waals surface area contributed by atoms with Crippen molar-refractivity contribution in [2.75, 3.05) is 7.05 Å². The maximum absolute atomic E-state index is 3.65. The van der Waals surface area contributed by atoms with Crippen LogP contribution in [0.4, 0.5) is 0 Å².